The Balaban J connectivity index is 2.18. The molecule has 0 amide bonds. The molecular weight excluding hydrogens is 279 g/mol. The minimum Gasteiger partial charge on any atom is -0.329 e. The van der Waals surface area contributed by atoms with Crippen LogP contribution < -0.4 is 5.73 Å². The van der Waals surface area contributed by atoms with Crippen molar-refractivity contribution in [2.75, 3.05) is 13.1 Å². The average molecular weight is 300 g/mol. The fourth-order valence-electron chi connectivity index (χ4n) is 2.78. The van der Waals surface area contributed by atoms with E-state index in [0.29, 0.717) is 18.7 Å². The molecule has 2 rings (SSSR count). The van der Waals surface area contributed by atoms with E-state index in [4.69, 9.17) is 5.73 Å². The lowest BCUT2D eigenvalue weighted by Gasteiger charge is -2.38. The van der Waals surface area contributed by atoms with Crippen molar-refractivity contribution < 1.29 is 12.8 Å². The van der Waals surface area contributed by atoms with E-state index in [9.17, 15) is 12.8 Å². The van der Waals surface area contributed by atoms with E-state index in [0.717, 1.165) is 12.8 Å². The smallest absolute Gasteiger partial charge is 0.218 e. The number of benzene rings is 1. The minimum absolute atomic E-state index is 0.101. The minimum atomic E-state index is -3.41. The zero-order valence-electron chi connectivity index (χ0n) is 11.6. The molecule has 1 aliphatic heterocycles. The zero-order valence-corrected chi connectivity index (χ0v) is 12.4. The third-order valence-electron chi connectivity index (χ3n) is 3.93. The van der Waals surface area contributed by atoms with Gasteiger partial charge in [-0.15, -0.1) is 0 Å². The van der Waals surface area contributed by atoms with Crippen molar-refractivity contribution in [3.05, 3.63) is 35.6 Å². The second-order valence-corrected chi connectivity index (χ2v) is 7.34. The summed E-state index contributed by atoms with van der Waals surface area (Å²) in [5.41, 5.74) is 6.34. The first-order valence-electron chi connectivity index (χ1n) is 6.88. The Morgan fingerprint density at radius 2 is 2.00 bits per heavy atom. The lowest BCUT2D eigenvalue weighted by molar-refractivity contribution is 0.192. The van der Waals surface area contributed by atoms with Gasteiger partial charge in [-0.2, -0.15) is 4.31 Å². The van der Waals surface area contributed by atoms with Crippen LogP contribution in [0, 0.1) is 11.7 Å². The summed E-state index contributed by atoms with van der Waals surface area (Å²) in [6, 6.07) is 5.46. The Bertz CT molecular complexity index is 545. The summed E-state index contributed by atoms with van der Waals surface area (Å²) in [5.74, 6) is -0.189. The van der Waals surface area contributed by atoms with Crippen LogP contribution in [0.1, 0.15) is 25.3 Å². The van der Waals surface area contributed by atoms with Crippen molar-refractivity contribution in [1.82, 2.24) is 4.31 Å². The number of hydrogen-bond acceptors (Lipinski definition) is 3. The monoisotopic (exact) mass is 300 g/mol. The van der Waals surface area contributed by atoms with E-state index in [2.05, 4.69) is 0 Å². The third-order valence-corrected chi connectivity index (χ3v) is 5.79. The highest BCUT2D eigenvalue weighted by Gasteiger charge is 2.35. The molecule has 0 bridgehead atoms. The van der Waals surface area contributed by atoms with Gasteiger partial charge in [-0.25, -0.2) is 12.8 Å². The standard InChI is InChI=1S/C14H21FN2O2S/c1-11-3-2-8-17(14(11)9-16)20(18,19)10-12-4-6-13(15)7-5-12/h4-7,11,14H,2-3,8-10,16H2,1H3/t11-,14+/m0/s1. The molecule has 1 fully saturated rings. The Morgan fingerprint density at radius 1 is 1.35 bits per heavy atom. The second kappa shape index (κ2) is 6.20. The summed E-state index contributed by atoms with van der Waals surface area (Å²) in [6.45, 7) is 2.90. The maximum Gasteiger partial charge on any atom is 0.218 e. The van der Waals surface area contributed by atoms with Crippen LogP contribution in [0.5, 0.6) is 0 Å². The molecule has 0 radical (unpaired) electrons. The quantitative estimate of drug-likeness (QED) is 0.921. The summed E-state index contributed by atoms with van der Waals surface area (Å²) in [7, 11) is -3.41. The van der Waals surface area contributed by atoms with Crippen molar-refractivity contribution in [2.45, 2.75) is 31.6 Å². The van der Waals surface area contributed by atoms with Crippen molar-refractivity contribution in [3.8, 4) is 0 Å². The van der Waals surface area contributed by atoms with Gasteiger partial charge in [-0.1, -0.05) is 19.1 Å². The van der Waals surface area contributed by atoms with Gasteiger partial charge in [0.15, 0.2) is 0 Å². The van der Waals surface area contributed by atoms with E-state index in [1.807, 2.05) is 6.92 Å². The number of nitrogens with zero attached hydrogens (tertiary/aromatic N) is 1. The van der Waals surface area contributed by atoms with Crippen LogP contribution in [0.4, 0.5) is 4.39 Å². The van der Waals surface area contributed by atoms with Crippen molar-refractivity contribution in [1.29, 1.82) is 0 Å². The van der Waals surface area contributed by atoms with Crippen LogP contribution in [0.15, 0.2) is 24.3 Å². The Labute approximate surface area is 119 Å². The van der Waals surface area contributed by atoms with E-state index < -0.39 is 10.0 Å². The Hall–Kier alpha value is -0.980. The van der Waals surface area contributed by atoms with E-state index in [1.165, 1.54) is 28.6 Å². The fraction of sp³-hybridized carbons (Fsp3) is 0.571. The van der Waals surface area contributed by atoms with Gasteiger partial charge in [0.1, 0.15) is 5.82 Å². The Kier molecular flexibility index (Phi) is 4.78. The zero-order chi connectivity index (χ0) is 14.8. The molecule has 1 aliphatic rings. The van der Waals surface area contributed by atoms with Gasteiger partial charge in [0, 0.05) is 19.1 Å². The molecule has 4 nitrogen and oxygen atoms in total. The topological polar surface area (TPSA) is 63.4 Å². The van der Waals surface area contributed by atoms with Gasteiger partial charge in [0.05, 0.1) is 5.75 Å². The summed E-state index contributed by atoms with van der Waals surface area (Å²) < 4.78 is 39.5. The number of hydrogen-bond donors (Lipinski definition) is 1. The van der Waals surface area contributed by atoms with Crippen LogP contribution in [0.25, 0.3) is 0 Å². The molecule has 0 aromatic heterocycles. The van der Waals surface area contributed by atoms with Gasteiger partial charge >= 0.3 is 0 Å². The third kappa shape index (κ3) is 3.37. The highest BCUT2D eigenvalue weighted by Crippen LogP contribution is 2.26. The first kappa shape index (κ1) is 15.4. The summed E-state index contributed by atoms with van der Waals surface area (Å²) in [5, 5.41) is 0. The first-order valence-corrected chi connectivity index (χ1v) is 8.49. The number of rotatable bonds is 4. The normalized spacial score (nSPS) is 24.8. The number of sulfonamides is 1. The summed E-state index contributed by atoms with van der Waals surface area (Å²) in [4.78, 5) is 0. The highest BCUT2D eigenvalue weighted by atomic mass is 32.2. The van der Waals surface area contributed by atoms with Crippen LogP contribution >= 0.6 is 0 Å². The molecule has 0 unspecified atom stereocenters. The molecule has 2 atom stereocenters. The molecule has 1 saturated heterocycles. The molecule has 1 heterocycles. The Morgan fingerprint density at radius 3 is 2.60 bits per heavy atom. The molecule has 2 N–H and O–H groups in total. The second-order valence-electron chi connectivity index (χ2n) is 5.42. The predicted molar refractivity (Wildman–Crippen MR) is 77.0 cm³/mol. The maximum atomic E-state index is 12.9. The number of nitrogens with two attached hydrogens (primary N) is 1. The molecular formula is C14H21FN2O2S. The van der Waals surface area contributed by atoms with E-state index in [1.54, 1.807) is 0 Å². The molecule has 6 heteroatoms. The molecule has 0 spiro atoms. The molecule has 1 aromatic carbocycles. The van der Waals surface area contributed by atoms with E-state index >= 15 is 0 Å². The van der Waals surface area contributed by atoms with Gasteiger partial charge < -0.3 is 5.73 Å². The van der Waals surface area contributed by atoms with Crippen molar-refractivity contribution in [3.63, 3.8) is 0 Å². The molecule has 1 aromatic rings. The van der Waals surface area contributed by atoms with Gasteiger partial charge in [-0.3, -0.25) is 0 Å². The summed E-state index contributed by atoms with van der Waals surface area (Å²) >= 11 is 0. The SMILES string of the molecule is C[C@H]1CCCN(S(=O)(=O)Cc2ccc(F)cc2)[C@@H]1CN. The van der Waals surface area contributed by atoms with Crippen LogP contribution in [-0.4, -0.2) is 31.9 Å². The van der Waals surface area contributed by atoms with E-state index in [-0.39, 0.29) is 23.5 Å². The lowest BCUT2D eigenvalue weighted by atomic mass is 9.93. The van der Waals surface area contributed by atoms with Crippen molar-refractivity contribution >= 4 is 10.0 Å². The van der Waals surface area contributed by atoms with Crippen molar-refractivity contribution in [2.24, 2.45) is 11.7 Å². The van der Waals surface area contributed by atoms with Crippen LogP contribution in [0.3, 0.4) is 0 Å². The highest BCUT2D eigenvalue weighted by molar-refractivity contribution is 7.88. The summed E-state index contributed by atoms with van der Waals surface area (Å²) in [6.07, 6.45) is 1.87. The first-order chi connectivity index (χ1) is 9.44. The number of piperidine rings is 1. The molecule has 0 saturated carbocycles. The van der Waals surface area contributed by atoms with Gasteiger partial charge in [0.2, 0.25) is 10.0 Å². The largest absolute Gasteiger partial charge is 0.329 e. The molecule has 112 valence electrons. The fourth-order valence-corrected chi connectivity index (χ4v) is 4.67. The predicted octanol–water partition coefficient (Wildman–Crippen LogP) is 1.71. The van der Waals surface area contributed by atoms with Crippen LogP contribution in [0.2, 0.25) is 0 Å². The van der Waals surface area contributed by atoms with Crippen LogP contribution in [-0.2, 0) is 15.8 Å². The van der Waals surface area contributed by atoms with Gasteiger partial charge in [0.25, 0.3) is 0 Å². The van der Waals surface area contributed by atoms with Gasteiger partial charge in [-0.05, 0) is 36.5 Å². The number of halogens is 1. The molecule has 20 heavy (non-hydrogen) atoms. The average Bonchev–Trinajstić information content (AvgIpc) is 2.41. The maximum absolute atomic E-state index is 12.9. The molecule has 0 aliphatic carbocycles. The lowest BCUT2D eigenvalue weighted by Crippen LogP contribution is -2.51.